The van der Waals surface area contributed by atoms with E-state index in [-0.39, 0.29) is 55.8 Å². The van der Waals surface area contributed by atoms with Crippen molar-refractivity contribution in [2.75, 3.05) is 23.7 Å². The zero-order chi connectivity index (χ0) is 32.5. The maximum absolute atomic E-state index is 13.9. The number of amides is 2. The number of anilines is 1. The van der Waals surface area contributed by atoms with Crippen molar-refractivity contribution in [3.05, 3.63) is 100 Å². The molecule has 0 aromatic heterocycles. The van der Waals surface area contributed by atoms with E-state index in [1.54, 1.807) is 0 Å². The van der Waals surface area contributed by atoms with Crippen LogP contribution in [0.5, 0.6) is 0 Å². The molecule has 0 aliphatic heterocycles. The molecule has 238 valence electrons. The number of rotatable bonds is 14. The molecule has 0 spiro atoms. The van der Waals surface area contributed by atoms with Crippen LogP contribution in [0.4, 0.5) is 18.9 Å². The summed E-state index contributed by atoms with van der Waals surface area (Å²) in [6, 6.07) is 19.9. The van der Waals surface area contributed by atoms with Gasteiger partial charge >= 0.3 is 6.18 Å². The van der Waals surface area contributed by atoms with Crippen molar-refractivity contribution in [3.63, 3.8) is 0 Å². The van der Waals surface area contributed by atoms with Crippen molar-refractivity contribution in [2.45, 2.75) is 51.9 Å². The first kappa shape index (κ1) is 35.1. The van der Waals surface area contributed by atoms with Gasteiger partial charge in [-0.2, -0.15) is 13.2 Å². The second-order valence-electron chi connectivity index (χ2n) is 11.0. The van der Waals surface area contributed by atoms with Gasteiger partial charge in [0.1, 0.15) is 6.04 Å². The average Bonchev–Trinajstić information content (AvgIpc) is 2.96. The molecule has 0 aliphatic carbocycles. The largest absolute Gasteiger partial charge is 0.416 e. The number of carbonyl (C=O) groups is 2. The molecule has 0 aliphatic rings. The number of sulfonamides is 1. The van der Waals surface area contributed by atoms with Gasteiger partial charge in [-0.15, -0.1) is 0 Å². The highest BCUT2D eigenvalue weighted by Gasteiger charge is 2.33. The fraction of sp³-hybridized carbons (Fsp3) is 0.375. The molecule has 0 fully saturated rings. The molecule has 3 rings (SSSR count). The van der Waals surface area contributed by atoms with Crippen LogP contribution >= 0.6 is 15.9 Å². The lowest BCUT2D eigenvalue weighted by molar-refractivity contribution is -0.141. The Morgan fingerprint density at radius 3 is 2.18 bits per heavy atom. The second kappa shape index (κ2) is 15.6. The normalized spacial score (nSPS) is 12.5. The quantitative estimate of drug-likeness (QED) is 0.211. The van der Waals surface area contributed by atoms with E-state index in [2.05, 4.69) is 21.2 Å². The predicted molar refractivity (Wildman–Crippen MR) is 169 cm³/mol. The molecule has 0 saturated carbocycles. The van der Waals surface area contributed by atoms with Crippen LogP contribution in [0.3, 0.4) is 0 Å². The summed E-state index contributed by atoms with van der Waals surface area (Å²) in [7, 11) is -3.96. The number of halogens is 4. The van der Waals surface area contributed by atoms with Crippen LogP contribution in [0, 0.1) is 5.92 Å². The Labute approximate surface area is 265 Å². The molecule has 3 aromatic rings. The molecule has 1 atom stereocenters. The van der Waals surface area contributed by atoms with Crippen LogP contribution in [-0.2, 0) is 38.8 Å². The van der Waals surface area contributed by atoms with Crippen molar-refractivity contribution in [3.8, 4) is 0 Å². The van der Waals surface area contributed by atoms with Crippen LogP contribution in [0.25, 0.3) is 0 Å². The molecular formula is C32H37BrF3N3O4S. The van der Waals surface area contributed by atoms with Crippen LogP contribution in [-0.4, -0.2) is 50.5 Å². The maximum Gasteiger partial charge on any atom is 0.416 e. The molecule has 1 unspecified atom stereocenters. The van der Waals surface area contributed by atoms with Gasteiger partial charge < -0.3 is 10.2 Å². The molecule has 7 nitrogen and oxygen atoms in total. The number of hydrogen-bond donors (Lipinski definition) is 1. The van der Waals surface area contributed by atoms with Gasteiger partial charge in [-0.05, 0) is 53.8 Å². The molecule has 0 radical (unpaired) electrons. The number of nitrogens with zero attached hydrogens (tertiary/aromatic N) is 2. The van der Waals surface area contributed by atoms with Crippen LogP contribution in [0.2, 0.25) is 0 Å². The van der Waals surface area contributed by atoms with Crippen molar-refractivity contribution < 1.29 is 31.2 Å². The molecule has 2 amide bonds. The van der Waals surface area contributed by atoms with Gasteiger partial charge in [-0.25, -0.2) is 8.42 Å². The Morgan fingerprint density at radius 1 is 0.932 bits per heavy atom. The van der Waals surface area contributed by atoms with Gasteiger partial charge in [0.15, 0.2) is 0 Å². The first-order chi connectivity index (χ1) is 20.6. The summed E-state index contributed by atoms with van der Waals surface area (Å²) >= 11 is 3.41. The highest BCUT2D eigenvalue weighted by molar-refractivity contribution is 9.10. The van der Waals surface area contributed by atoms with Crippen LogP contribution < -0.4 is 9.62 Å². The van der Waals surface area contributed by atoms with Crippen molar-refractivity contribution in [1.82, 2.24) is 10.2 Å². The number of benzene rings is 3. The number of alkyl halides is 3. The summed E-state index contributed by atoms with van der Waals surface area (Å²) in [5.41, 5.74) is 0.532. The second-order valence-corrected chi connectivity index (χ2v) is 13.8. The van der Waals surface area contributed by atoms with Gasteiger partial charge in [0.05, 0.1) is 17.5 Å². The Hall–Kier alpha value is -3.38. The molecule has 0 saturated heterocycles. The SMILES string of the molecule is CC(C)CNC(=O)C(Cc1ccccc1)N(Cc1ccc(Br)cc1)C(=O)CCCN(c1cccc(C(F)(F)F)c1)S(C)(=O)=O. The van der Waals surface area contributed by atoms with E-state index in [1.807, 2.05) is 68.4 Å². The number of carbonyl (C=O) groups excluding carboxylic acids is 2. The lowest BCUT2D eigenvalue weighted by Gasteiger charge is -2.32. The molecular weight excluding hydrogens is 659 g/mol. The van der Waals surface area contributed by atoms with Gasteiger partial charge in [-0.3, -0.25) is 13.9 Å². The average molecular weight is 697 g/mol. The molecule has 3 aromatic carbocycles. The summed E-state index contributed by atoms with van der Waals surface area (Å²) in [5, 5.41) is 2.95. The third kappa shape index (κ3) is 10.7. The lowest BCUT2D eigenvalue weighted by Crippen LogP contribution is -2.51. The third-order valence-electron chi connectivity index (χ3n) is 6.84. The monoisotopic (exact) mass is 695 g/mol. The van der Waals surface area contributed by atoms with Gasteiger partial charge in [0.2, 0.25) is 21.8 Å². The van der Waals surface area contributed by atoms with Crippen LogP contribution in [0.15, 0.2) is 83.3 Å². The maximum atomic E-state index is 13.9. The minimum Gasteiger partial charge on any atom is -0.354 e. The minimum absolute atomic E-state index is 0.0185. The van der Waals surface area contributed by atoms with E-state index >= 15 is 0 Å². The minimum atomic E-state index is -4.65. The smallest absolute Gasteiger partial charge is 0.354 e. The van der Waals surface area contributed by atoms with Gasteiger partial charge in [-0.1, -0.05) is 78.3 Å². The summed E-state index contributed by atoms with van der Waals surface area (Å²) in [6.45, 7) is 4.26. The highest BCUT2D eigenvalue weighted by atomic mass is 79.9. The Bertz CT molecular complexity index is 1500. The first-order valence-corrected chi connectivity index (χ1v) is 16.8. The zero-order valence-corrected chi connectivity index (χ0v) is 27.3. The van der Waals surface area contributed by atoms with Crippen molar-refractivity contribution >= 4 is 43.5 Å². The van der Waals surface area contributed by atoms with Gasteiger partial charge in [0.25, 0.3) is 0 Å². The van der Waals surface area contributed by atoms with Crippen LogP contribution in [0.1, 0.15) is 43.4 Å². The predicted octanol–water partition coefficient (Wildman–Crippen LogP) is 6.43. The van der Waals surface area contributed by atoms with E-state index in [0.29, 0.717) is 6.54 Å². The van der Waals surface area contributed by atoms with Crippen molar-refractivity contribution in [1.29, 1.82) is 0 Å². The standard InChI is InChI=1S/C32H37BrF3N3O4S/c1-23(2)21-37-31(41)29(19-24-9-5-4-6-10-24)38(22-25-14-16-27(33)17-15-25)30(40)13-8-18-39(44(3,42)43)28-12-7-11-26(20-28)32(34,35)36/h4-7,9-12,14-17,20,23,29H,8,13,18-19,21-22H2,1-3H3,(H,37,41). The fourth-order valence-corrected chi connectivity index (χ4v) is 5.83. The van der Waals surface area contributed by atoms with E-state index in [0.717, 1.165) is 44.4 Å². The number of nitrogens with one attached hydrogen (secondary N) is 1. The molecule has 12 heteroatoms. The Balaban J connectivity index is 1.89. The van der Waals surface area contributed by atoms with E-state index in [4.69, 9.17) is 0 Å². The summed E-state index contributed by atoms with van der Waals surface area (Å²) in [6.07, 6.45) is -3.60. The lowest BCUT2D eigenvalue weighted by atomic mass is 10.0. The van der Waals surface area contributed by atoms with Gasteiger partial charge in [0, 0.05) is 36.9 Å². The Kier molecular flexibility index (Phi) is 12.4. The van der Waals surface area contributed by atoms with E-state index in [1.165, 1.54) is 11.0 Å². The molecule has 0 bridgehead atoms. The van der Waals surface area contributed by atoms with Crippen molar-refractivity contribution in [2.24, 2.45) is 5.92 Å². The van der Waals surface area contributed by atoms with E-state index < -0.39 is 27.8 Å². The fourth-order valence-electron chi connectivity index (χ4n) is 4.60. The molecule has 0 heterocycles. The summed E-state index contributed by atoms with van der Waals surface area (Å²) < 4.78 is 66.9. The molecule has 1 N–H and O–H groups in total. The number of hydrogen-bond acceptors (Lipinski definition) is 4. The van der Waals surface area contributed by atoms with E-state index in [9.17, 15) is 31.2 Å². The topological polar surface area (TPSA) is 86.8 Å². The first-order valence-electron chi connectivity index (χ1n) is 14.2. The summed E-state index contributed by atoms with van der Waals surface area (Å²) in [5.74, 6) is -0.509. The molecule has 44 heavy (non-hydrogen) atoms. The summed E-state index contributed by atoms with van der Waals surface area (Å²) in [4.78, 5) is 28.9. The zero-order valence-electron chi connectivity index (χ0n) is 24.9. The Morgan fingerprint density at radius 2 is 1.59 bits per heavy atom. The highest BCUT2D eigenvalue weighted by Crippen LogP contribution is 2.32. The third-order valence-corrected chi connectivity index (χ3v) is 8.56.